The van der Waals surface area contributed by atoms with Gasteiger partial charge in [0.25, 0.3) is 0 Å². The molecule has 0 saturated carbocycles. The van der Waals surface area contributed by atoms with Crippen molar-refractivity contribution in [2.24, 2.45) is 0 Å². The molecule has 1 aromatic heterocycles. The topological polar surface area (TPSA) is 48.1 Å². The summed E-state index contributed by atoms with van der Waals surface area (Å²) < 4.78 is 5.66. The summed E-state index contributed by atoms with van der Waals surface area (Å²) in [5, 5.41) is 0. The second-order valence-electron chi connectivity index (χ2n) is 1.75. The van der Waals surface area contributed by atoms with Crippen molar-refractivity contribution in [3.63, 3.8) is 0 Å². The van der Waals surface area contributed by atoms with Gasteiger partial charge >= 0.3 is 0 Å². The number of halogens is 1. The van der Waals surface area contributed by atoms with Gasteiger partial charge in [0.2, 0.25) is 5.88 Å². The number of anilines is 1. The summed E-state index contributed by atoms with van der Waals surface area (Å²) in [7, 11) is 1.56. The van der Waals surface area contributed by atoms with Crippen LogP contribution in [0.3, 0.4) is 0 Å². The SMILES string of the molecule is COc1cc(Br)c(N)cn1. The van der Waals surface area contributed by atoms with Gasteiger partial charge in [-0.25, -0.2) is 4.98 Å². The van der Waals surface area contributed by atoms with Gasteiger partial charge < -0.3 is 10.5 Å². The molecule has 0 saturated heterocycles. The van der Waals surface area contributed by atoms with E-state index in [-0.39, 0.29) is 0 Å². The summed E-state index contributed by atoms with van der Waals surface area (Å²) in [5.74, 6) is 0.557. The first-order valence-electron chi connectivity index (χ1n) is 2.69. The molecule has 1 rings (SSSR count). The van der Waals surface area contributed by atoms with E-state index in [1.807, 2.05) is 0 Å². The maximum absolute atomic E-state index is 5.48. The molecule has 0 amide bonds. The van der Waals surface area contributed by atoms with Crippen LogP contribution in [0.4, 0.5) is 5.69 Å². The van der Waals surface area contributed by atoms with E-state index in [9.17, 15) is 0 Å². The van der Waals surface area contributed by atoms with E-state index in [4.69, 9.17) is 10.5 Å². The second-order valence-corrected chi connectivity index (χ2v) is 2.60. The Morgan fingerprint density at radius 3 is 2.90 bits per heavy atom. The minimum absolute atomic E-state index is 0.557. The number of ether oxygens (including phenoxy) is 1. The van der Waals surface area contributed by atoms with E-state index < -0.39 is 0 Å². The molecule has 3 nitrogen and oxygen atoms in total. The number of aromatic nitrogens is 1. The molecule has 1 aromatic rings. The predicted octanol–water partition coefficient (Wildman–Crippen LogP) is 1.43. The average molecular weight is 203 g/mol. The minimum atomic E-state index is 0.557. The third kappa shape index (κ3) is 1.39. The maximum Gasteiger partial charge on any atom is 0.214 e. The highest BCUT2D eigenvalue weighted by Gasteiger charge is 1.97. The summed E-state index contributed by atoms with van der Waals surface area (Å²) in [6.45, 7) is 0. The first kappa shape index (κ1) is 7.34. The lowest BCUT2D eigenvalue weighted by Crippen LogP contribution is -1.91. The smallest absolute Gasteiger partial charge is 0.214 e. The summed E-state index contributed by atoms with van der Waals surface area (Å²) in [5.41, 5.74) is 6.09. The van der Waals surface area contributed by atoms with Crippen molar-refractivity contribution in [1.82, 2.24) is 4.98 Å². The fourth-order valence-corrected chi connectivity index (χ4v) is 0.834. The van der Waals surface area contributed by atoms with E-state index in [0.29, 0.717) is 11.6 Å². The Kier molecular flexibility index (Phi) is 2.11. The van der Waals surface area contributed by atoms with E-state index >= 15 is 0 Å². The zero-order chi connectivity index (χ0) is 7.56. The normalized spacial score (nSPS) is 9.40. The molecule has 4 heteroatoms. The summed E-state index contributed by atoms with van der Waals surface area (Å²) in [6.07, 6.45) is 1.54. The Bertz CT molecular complexity index is 239. The molecule has 0 atom stereocenters. The molecule has 2 N–H and O–H groups in total. The minimum Gasteiger partial charge on any atom is -0.481 e. The highest BCUT2D eigenvalue weighted by Crippen LogP contribution is 2.21. The number of methoxy groups -OCH3 is 1. The third-order valence-corrected chi connectivity index (χ3v) is 1.75. The lowest BCUT2D eigenvalue weighted by Gasteiger charge is -1.99. The molecule has 0 fully saturated rings. The second kappa shape index (κ2) is 2.88. The van der Waals surface area contributed by atoms with Crippen LogP contribution < -0.4 is 10.5 Å². The van der Waals surface area contributed by atoms with Gasteiger partial charge in [-0.2, -0.15) is 0 Å². The number of nitrogens with zero attached hydrogens (tertiary/aromatic N) is 1. The van der Waals surface area contributed by atoms with Crippen LogP contribution >= 0.6 is 15.9 Å². The van der Waals surface area contributed by atoms with Crippen molar-refractivity contribution in [1.29, 1.82) is 0 Å². The molecule has 0 aliphatic rings. The van der Waals surface area contributed by atoms with E-state index in [0.717, 1.165) is 4.47 Å². The predicted molar refractivity (Wildman–Crippen MR) is 42.9 cm³/mol. The number of rotatable bonds is 1. The lowest BCUT2D eigenvalue weighted by molar-refractivity contribution is 0.397. The highest BCUT2D eigenvalue weighted by molar-refractivity contribution is 9.10. The Morgan fingerprint density at radius 2 is 2.40 bits per heavy atom. The average Bonchev–Trinajstić information content (AvgIpc) is 1.95. The molecule has 10 heavy (non-hydrogen) atoms. The van der Waals surface area contributed by atoms with Gasteiger partial charge in [-0.15, -0.1) is 0 Å². The summed E-state index contributed by atoms with van der Waals surface area (Å²) in [4.78, 5) is 3.88. The summed E-state index contributed by atoms with van der Waals surface area (Å²) >= 11 is 3.24. The molecule has 1 heterocycles. The Labute approximate surface area is 67.3 Å². The first-order chi connectivity index (χ1) is 4.74. The van der Waals surface area contributed by atoms with Crippen LogP contribution in [0.5, 0.6) is 5.88 Å². The zero-order valence-corrected chi connectivity index (χ0v) is 7.05. The zero-order valence-electron chi connectivity index (χ0n) is 5.47. The van der Waals surface area contributed by atoms with Crippen LogP contribution in [0.2, 0.25) is 0 Å². The molecular formula is C6H7BrN2O. The molecular weight excluding hydrogens is 196 g/mol. The van der Waals surface area contributed by atoms with Crippen molar-refractivity contribution in [3.05, 3.63) is 16.7 Å². The van der Waals surface area contributed by atoms with Crippen LogP contribution in [-0.2, 0) is 0 Å². The molecule has 0 unspecified atom stereocenters. The standard InChI is InChI=1S/C6H7BrN2O/c1-10-6-2-4(7)5(8)3-9-6/h2-3H,8H2,1H3. The Hall–Kier alpha value is -0.770. The van der Waals surface area contributed by atoms with Gasteiger partial charge in [-0.05, 0) is 15.9 Å². The molecule has 0 aromatic carbocycles. The van der Waals surface area contributed by atoms with Crippen molar-refractivity contribution >= 4 is 21.6 Å². The summed E-state index contributed by atoms with van der Waals surface area (Å²) in [6, 6.07) is 1.72. The number of pyridine rings is 1. The quantitative estimate of drug-likeness (QED) is 0.750. The first-order valence-corrected chi connectivity index (χ1v) is 3.48. The molecule has 54 valence electrons. The lowest BCUT2D eigenvalue weighted by atomic mass is 10.4. The van der Waals surface area contributed by atoms with Crippen LogP contribution in [0.15, 0.2) is 16.7 Å². The Morgan fingerprint density at radius 1 is 1.70 bits per heavy atom. The fourth-order valence-electron chi connectivity index (χ4n) is 0.535. The third-order valence-electron chi connectivity index (χ3n) is 1.07. The molecule has 0 aliphatic carbocycles. The monoisotopic (exact) mass is 202 g/mol. The van der Waals surface area contributed by atoms with E-state index in [1.54, 1.807) is 19.4 Å². The van der Waals surface area contributed by atoms with Crippen LogP contribution in [0.1, 0.15) is 0 Å². The van der Waals surface area contributed by atoms with Crippen molar-refractivity contribution in [3.8, 4) is 5.88 Å². The number of hydrogen-bond donors (Lipinski definition) is 1. The number of nitrogen functional groups attached to an aromatic ring is 1. The van der Waals surface area contributed by atoms with E-state index in [2.05, 4.69) is 20.9 Å². The maximum atomic E-state index is 5.48. The number of hydrogen-bond acceptors (Lipinski definition) is 3. The van der Waals surface area contributed by atoms with Crippen molar-refractivity contribution in [2.45, 2.75) is 0 Å². The number of nitrogens with two attached hydrogens (primary N) is 1. The fraction of sp³-hybridized carbons (Fsp3) is 0.167. The van der Waals surface area contributed by atoms with Gasteiger partial charge in [0.1, 0.15) is 0 Å². The largest absolute Gasteiger partial charge is 0.481 e. The van der Waals surface area contributed by atoms with Gasteiger partial charge in [0, 0.05) is 10.5 Å². The highest BCUT2D eigenvalue weighted by atomic mass is 79.9. The Balaban J connectivity index is 3.04. The van der Waals surface area contributed by atoms with Gasteiger partial charge in [0.15, 0.2) is 0 Å². The van der Waals surface area contributed by atoms with Crippen LogP contribution in [-0.4, -0.2) is 12.1 Å². The molecule has 0 bridgehead atoms. The van der Waals surface area contributed by atoms with Crippen LogP contribution in [0, 0.1) is 0 Å². The van der Waals surface area contributed by atoms with Gasteiger partial charge in [0.05, 0.1) is 19.0 Å². The molecule has 0 spiro atoms. The van der Waals surface area contributed by atoms with Crippen molar-refractivity contribution < 1.29 is 4.74 Å². The molecule has 0 radical (unpaired) electrons. The van der Waals surface area contributed by atoms with Crippen LogP contribution in [0.25, 0.3) is 0 Å². The molecule has 0 aliphatic heterocycles. The van der Waals surface area contributed by atoms with Gasteiger partial charge in [-0.3, -0.25) is 0 Å². The van der Waals surface area contributed by atoms with E-state index in [1.165, 1.54) is 0 Å². The van der Waals surface area contributed by atoms with Gasteiger partial charge in [-0.1, -0.05) is 0 Å². The van der Waals surface area contributed by atoms with Crippen molar-refractivity contribution in [2.75, 3.05) is 12.8 Å².